The molecule has 29 heavy (non-hydrogen) atoms. The molecule has 0 bridgehead atoms. The summed E-state index contributed by atoms with van der Waals surface area (Å²) in [6, 6.07) is 13.9. The average Bonchev–Trinajstić information content (AvgIpc) is 2.78. The third kappa shape index (κ3) is 4.30. The fraction of sp³-hybridized carbons (Fsp3) is 0.182. The third-order valence-corrected chi connectivity index (χ3v) is 4.60. The van der Waals surface area contributed by atoms with E-state index in [4.69, 9.17) is 15.5 Å². The number of nitrogens with two attached hydrogens (primary N) is 1. The van der Waals surface area contributed by atoms with E-state index in [1.807, 2.05) is 30.3 Å². The van der Waals surface area contributed by atoms with Crippen LogP contribution in [0.4, 0.5) is 5.82 Å². The van der Waals surface area contributed by atoms with Crippen LogP contribution in [0.5, 0.6) is 5.75 Å². The molecule has 0 unspecified atom stereocenters. The topological polar surface area (TPSA) is 98.8 Å². The molecule has 1 atom stereocenters. The van der Waals surface area contributed by atoms with Crippen LogP contribution in [0.25, 0.3) is 22.3 Å². The Morgan fingerprint density at radius 3 is 2.55 bits per heavy atom. The minimum absolute atomic E-state index is 0.0698. The van der Waals surface area contributed by atoms with Crippen molar-refractivity contribution >= 4 is 16.7 Å². The van der Waals surface area contributed by atoms with Crippen molar-refractivity contribution < 1.29 is 4.74 Å². The van der Waals surface area contributed by atoms with Gasteiger partial charge in [-0.15, -0.1) is 0 Å². The highest BCUT2D eigenvalue weighted by atomic mass is 16.5. The molecule has 0 saturated carbocycles. The highest BCUT2D eigenvalue weighted by molar-refractivity contribution is 5.95. The van der Waals surface area contributed by atoms with Crippen LogP contribution in [0, 0.1) is 0 Å². The Labute approximate surface area is 169 Å². The molecule has 0 spiro atoms. The number of pyridine rings is 2. The molecular formula is C22H22N6O. The van der Waals surface area contributed by atoms with Crippen LogP contribution in [0.3, 0.4) is 0 Å². The van der Waals surface area contributed by atoms with Crippen molar-refractivity contribution in [3.63, 3.8) is 0 Å². The van der Waals surface area contributed by atoms with Crippen LogP contribution in [-0.4, -0.2) is 39.6 Å². The summed E-state index contributed by atoms with van der Waals surface area (Å²) < 4.78 is 5.49. The number of hydrogen-bond donors (Lipinski definition) is 2. The van der Waals surface area contributed by atoms with E-state index in [-0.39, 0.29) is 6.04 Å². The van der Waals surface area contributed by atoms with Gasteiger partial charge in [-0.25, -0.2) is 9.97 Å². The molecule has 0 radical (unpaired) electrons. The van der Waals surface area contributed by atoms with Crippen molar-refractivity contribution in [3.05, 3.63) is 72.8 Å². The maximum atomic E-state index is 6.36. The van der Waals surface area contributed by atoms with Gasteiger partial charge in [0.15, 0.2) is 5.82 Å². The number of benzene rings is 1. The minimum Gasteiger partial charge on any atom is -0.494 e. The van der Waals surface area contributed by atoms with Gasteiger partial charge in [0.1, 0.15) is 11.6 Å². The highest BCUT2D eigenvalue weighted by Crippen LogP contribution is 2.31. The van der Waals surface area contributed by atoms with E-state index in [0.717, 1.165) is 17.4 Å². The van der Waals surface area contributed by atoms with Crippen molar-refractivity contribution in [1.29, 1.82) is 0 Å². The summed E-state index contributed by atoms with van der Waals surface area (Å²) in [7, 11) is 1.61. The van der Waals surface area contributed by atoms with Gasteiger partial charge >= 0.3 is 0 Å². The van der Waals surface area contributed by atoms with Gasteiger partial charge in [0.25, 0.3) is 0 Å². The van der Waals surface area contributed by atoms with E-state index in [1.54, 1.807) is 31.9 Å². The number of fused-ring (bicyclic) bond motifs is 1. The zero-order chi connectivity index (χ0) is 20.1. The number of anilines is 1. The second kappa shape index (κ2) is 8.62. The maximum Gasteiger partial charge on any atom is 0.162 e. The first-order chi connectivity index (χ1) is 14.2. The minimum atomic E-state index is -0.0698. The number of methoxy groups -OCH3 is 1. The van der Waals surface area contributed by atoms with Crippen molar-refractivity contribution in [3.8, 4) is 17.1 Å². The number of ether oxygens (including phenoxy) is 1. The predicted octanol–water partition coefficient (Wildman–Crippen LogP) is 3.08. The van der Waals surface area contributed by atoms with E-state index in [9.17, 15) is 0 Å². The second-order valence-corrected chi connectivity index (χ2v) is 6.70. The summed E-state index contributed by atoms with van der Waals surface area (Å²) in [5.74, 6) is 1.88. The summed E-state index contributed by atoms with van der Waals surface area (Å²) in [5.41, 5.74) is 9.14. The number of aromatic nitrogens is 4. The van der Waals surface area contributed by atoms with Gasteiger partial charge in [-0.2, -0.15) is 0 Å². The molecule has 0 aliphatic rings. The van der Waals surface area contributed by atoms with Gasteiger partial charge in [0, 0.05) is 30.5 Å². The molecule has 0 amide bonds. The average molecular weight is 386 g/mol. The normalized spacial score (nSPS) is 11.9. The van der Waals surface area contributed by atoms with Gasteiger partial charge < -0.3 is 15.8 Å². The quantitative estimate of drug-likeness (QED) is 0.503. The molecular weight excluding hydrogens is 364 g/mol. The monoisotopic (exact) mass is 386 g/mol. The fourth-order valence-electron chi connectivity index (χ4n) is 3.18. The Bertz CT molecular complexity index is 1090. The lowest BCUT2D eigenvalue weighted by Crippen LogP contribution is -2.31. The fourth-order valence-corrected chi connectivity index (χ4v) is 3.18. The zero-order valence-electron chi connectivity index (χ0n) is 16.1. The summed E-state index contributed by atoms with van der Waals surface area (Å²) in [5, 5.41) is 4.18. The highest BCUT2D eigenvalue weighted by Gasteiger charge is 2.15. The van der Waals surface area contributed by atoms with Crippen molar-refractivity contribution in [2.45, 2.75) is 12.5 Å². The molecule has 3 N–H and O–H groups in total. The molecule has 0 aliphatic carbocycles. The lowest BCUT2D eigenvalue weighted by atomic mass is 10.1. The molecule has 146 valence electrons. The number of nitrogens with zero attached hydrogens (tertiary/aromatic N) is 4. The summed E-state index contributed by atoms with van der Waals surface area (Å²) in [6.07, 6.45) is 7.57. The number of rotatable bonds is 7. The first-order valence-corrected chi connectivity index (χ1v) is 9.38. The zero-order valence-corrected chi connectivity index (χ0v) is 16.1. The number of nitrogens with one attached hydrogen (secondary N) is 1. The molecule has 4 aromatic rings. The van der Waals surface area contributed by atoms with Gasteiger partial charge in [0.2, 0.25) is 0 Å². The molecule has 1 aromatic carbocycles. The summed E-state index contributed by atoms with van der Waals surface area (Å²) in [6.45, 7) is 0.558. The van der Waals surface area contributed by atoms with Crippen molar-refractivity contribution in [1.82, 2.24) is 19.9 Å². The first-order valence-electron chi connectivity index (χ1n) is 9.38. The Morgan fingerprint density at radius 1 is 1.00 bits per heavy atom. The molecule has 0 fully saturated rings. The van der Waals surface area contributed by atoms with E-state index >= 15 is 0 Å². The molecule has 7 nitrogen and oxygen atoms in total. The smallest absolute Gasteiger partial charge is 0.162 e. The predicted molar refractivity (Wildman–Crippen MR) is 114 cm³/mol. The Morgan fingerprint density at radius 2 is 1.79 bits per heavy atom. The first kappa shape index (κ1) is 18.8. The summed E-state index contributed by atoms with van der Waals surface area (Å²) in [4.78, 5) is 17.7. The number of hydrogen-bond acceptors (Lipinski definition) is 7. The van der Waals surface area contributed by atoms with E-state index < -0.39 is 0 Å². The second-order valence-electron chi connectivity index (χ2n) is 6.70. The lowest BCUT2D eigenvalue weighted by molar-refractivity contribution is 0.418. The van der Waals surface area contributed by atoms with Crippen LogP contribution >= 0.6 is 0 Å². The Balaban J connectivity index is 1.65. The van der Waals surface area contributed by atoms with E-state index in [2.05, 4.69) is 32.4 Å². The molecule has 0 aliphatic heterocycles. The molecule has 3 heterocycles. The van der Waals surface area contributed by atoms with Crippen LogP contribution in [0.2, 0.25) is 0 Å². The van der Waals surface area contributed by atoms with E-state index in [0.29, 0.717) is 29.5 Å². The molecule has 3 aromatic heterocycles. The Hall–Kier alpha value is -3.58. The van der Waals surface area contributed by atoms with Crippen molar-refractivity contribution in [2.75, 3.05) is 19.0 Å². The Kier molecular flexibility index (Phi) is 5.58. The molecule has 4 rings (SSSR count). The SMILES string of the molecule is COc1cncc2nc(-c3ccncc3)nc(NC[C@H](N)Cc3ccccc3)c12. The van der Waals surface area contributed by atoms with E-state index in [1.165, 1.54) is 5.56 Å². The van der Waals surface area contributed by atoms with Gasteiger partial charge in [0.05, 0.1) is 30.4 Å². The van der Waals surface area contributed by atoms with Crippen LogP contribution in [0.15, 0.2) is 67.3 Å². The van der Waals surface area contributed by atoms with Crippen molar-refractivity contribution in [2.24, 2.45) is 5.73 Å². The lowest BCUT2D eigenvalue weighted by Gasteiger charge is -2.16. The maximum absolute atomic E-state index is 6.36. The molecule has 7 heteroatoms. The van der Waals surface area contributed by atoms with Gasteiger partial charge in [-0.3, -0.25) is 9.97 Å². The van der Waals surface area contributed by atoms with Crippen LogP contribution < -0.4 is 15.8 Å². The van der Waals surface area contributed by atoms with Crippen LogP contribution in [0.1, 0.15) is 5.56 Å². The third-order valence-electron chi connectivity index (χ3n) is 4.60. The summed E-state index contributed by atoms with van der Waals surface area (Å²) >= 11 is 0. The standard InChI is InChI=1S/C22H22N6O/c1-29-19-14-25-13-18-20(19)22(28-21(27-18)16-7-9-24-10-8-16)26-12-17(23)11-15-5-3-2-4-6-15/h2-10,13-14,17H,11-12,23H2,1H3,(H,26,27,28)/t17-/m1/s1. The molecule has 0 saturated heterocycles. The van der Waals surface area contributed by atoms with Gasteiger partial charge in [-0.1, -0.05) is 30.3 Å². The van der Waals surface area contributed by atoms with Gasteiger partial charge in [-0.05, 0) is 24.1 Å². The largest absolute Gasteiger partial charge is 0.494 e. The van der Waals surface area contributed by atoms with Crippen LogP contribution in [-0.2, 0) is 6.42 Å².